The summed E-state index contributed by atoms with van der Waals surface area (Å²) in [5.74, 6) is 0. The van der Waals surface area contributed by atoms with Gasteiger partial charge < -0.3 is 0 Å². The van der Waals surface area contributed by atoms with E-state index in [1.54, 1.807) is 0 Å². The molecule has 3 heteroatoms. The number of aromatic amines is 1. The summed E-state index contributed by atoms with van der Waals surface area (Å²) in [5.41, 5.74) is 2.04. The fraction of sp³-hybridized carbons (Fsp3) is 0. The molecule has 0 bridgehead atoms. The molecule has 1 aromatic heterocycles. The molecule has 0 radical (unpaired) electrons. The summed E-state index contributed by atoms with van der Waals surface area (Å²) in [6, 6.07) is 21.4. The van der Waals surface area contributed by atoms with Crippen LogP contribution in [-0.4, -0.2) is 10.2 Å². The number of fused-ring (bicyclic) bond motifs is 2. The van der Waals surface area contributed by atoms with Crippen LogP contribution in [0, 0.1) is 0 Å². The summed E-state index contributed by atoms with van der Waals surface area (Å²) in [4.78, 5) is 12.7. The average molecular weight is 272 g/mol. The minimum Gasteiger partial charge on any atom is -0.287 e. The molecule has 0 saturated heterocycles. The van der Waals surface area contributed by atoms with Gasteiger partial charge in [-0.15, -0.1) is 0 Å². The van der Waals surface area contributed by atoms with E-state index in [0.717, 1.165) is 21.9 Å². The monoisotopic (exact) mass is 272 g/mol. The molecule has 0 fully saturated rings. The van der Waals surface area contributed by atoms with E-state index in [4.69, 9.17) is 0 Å². The van der Waals surface area contributed by atoms with Gasteiger partial charge in [0.15, 0.2) is 0 Å². The Morgan fingerprint density at radius 3 is 2.38 bits per heavy atom. The summed E-state index contributed by atoms with van der Waals surface area (Å²) < 4.78 is 0. The number of nitrogens with zero attached hydrogens (tertiary/aromatic N) is 1. The number of nitrogens with one attached hydrogen (secondary N) is 1. The quantitative estimate of drug-likeness (QED) is 0.573. The van der Waals surface area contributed by atoms with Crippen molar-refractivity contribution < 1.29 is 0 Å². The van der Waals surface area contributed by atoms with Crippen LogP contribution in [0.25, 0.3) is 32.9 Å². The van der Waals surface area contributed by atoms with E-state index in [-0.39, 0.29) is 5.43 Å². The third kappa shape index (κ3) is 1.82. The highest BCUT2D eigenvalue weighted by atomic mass is 16.1. The lowest BCUT2D eigenvalue weighted by molar-refractivity contribution is 1.07. The molecule has 4 rings (SSSR count). The highest BCUT2D eigenvalue weighted by molar-refractivity contribution is 5.96. The zero-order chi connectivity index (χ0) is 14.2. The molecule has 0 saturated carbocycles. The van der Waals surface area contributed by atoms with Crippen LogP contribution in [0.4, 0.5) is 0 Å². The second kappa shape index (κ2) is 4.56. The van der Waals surface area contributed by atoms with Gasteiger partial charge in [0.05, 0.1) is 5.52 Å². The maximum Gasteiger partial charge on any atom is 0.215 e. The lowest BCUT2D eigenvalue weighted by atomic mass is 10.0. The molecule has 0 aliphatic carbocycles. The molecule has 0 spiro atoms. The first-order valence-corrected chi connectivity index (χ1v) is 6.80. The maximum atomic E-state index is 12.7. The molecule has 3 aromatic carbocycles. The molecule has 100 valence electrons. The molecular weight excluding hydrogens is 260 g/mol. The van der Waals surface area contributed by atoms with Crippen molar-refractivity contribution in [1.29, 1.82) is 0 Å². The first-order chi connectivity index (χ1) is 10.3. The van der Waals surface area contributed by atoms with Gasteiger partial charge in [-0.3, -0.25) is 9.89 Å². The van der Waals surface area contributed by atoms with Gasteiger partial charge in [-0.05, 0) is 22.9 Å². The minimum atomic E-state index is -0.0410. The Morgan fingerprint density at radius 1 is 0.762 bits per heavy atom. The normalized spacial score (nSPS) is 11.0. The molecule has 0 unspecified atom stereocenters. The van der Waals surface area contributed by atoms with E-state index in [9.17, 15) is 4.79 Å². The topological polar surface area (TPSA) is 45.8 Å². The number of H-pyrrole nitrogens is 1. The fourth-order valence-corrected chi connectivity index (χ4v) is 2.69. The van der Waals surface area contributed by atoms with Crippen LogP contribution < -0.4 is 5.43 Å². The van der Waals surface area contributed by atoms with Crippen LogP contribution in [0.15, 0.2) is 71.5 Å². The van der Waals surface area contributed by atoms with Gasteiger partial charge in [-0.1, -0.05) is 54.6 Å². The van der Waals surface area contributed by atoms with Crippen molar-refractivity contribution in [3.63, 3.8) is 0 Å². The number of hydrogen-bond acceptors (Lipinski definition) is 2. The molecule has 4 aromatic rings. The molecule has 0 atom stereocenters. The molecule has 0 amide bonds. The third-order valence-corrected chi connectivity index (χ3v) is 3.72. The number of para-hydroxylation sites is 1. The zero-order valence-corrected chi connectivity index (χ0v) is 11.2. The Hall–Kier alpha value is -2.94. The predicted octanol–water partition coefficient (Wildman–Crippen LogP) is 3.74. The first kappa shape index (κ1) is 11.9. The van der Waals surface area contributed by atoms with Gasteiger partial charge in [0.1, 0.15) is 5.69 Å². The highest BCUT2D eigenvalue weighted by Gasteiger charge is 2.11. The van der Waals surface area contributed by atoms with Crippen LogP contribution in [0.5, 0.6) is 0 Å². The maximum absolute atomic E-state index is 12.7. The molecule has 3 nitrogen and oxygen atoms in total. The van der Waals surface area contributed by atoms with Crippen LogP contribution in [0.2, 0.25) is 0 Å². The number of benzene rings is 3. The van der Waals surface area contributed by atoms with E-state index in [1.165, 1.54) is 0 Å². The SMILES string of the molecule is O=c1c(-c2cccc3ccccc23)n[nH]c2ccccc12. The minimum absolute atomic E-state index is 0.0410. The lowest BCUT2D eigenvalue weighted by Crippen LogP contribution is -2.09. The van der Waals surface area contributed by atoms with E-state index in [2.05, 4.69) is 10.2 Å². The smallest absolute Gasteiger partial charge is 0.215 e. The largest absolute Gasteiger partial charge is 0.287 e. The molecule has 1 N–H and O–H groups in total. The number of hydrogen-bond donors (Lipinski definition) is 1. The van der Waals surface area contributed by atoms with Gasteiger partial charge in [0.25, 0.3) is 0 Å². The summed E-state index contributed by atoms with van der Waals surface area (Å²) in [5, 5.41) is 10.1. The second-order valence-corrected chi connectivity index (χ2v) is 4.97. The Bertz CT molecular complexity index is 1010. The lowest BCUT2D eigenvalue weighted by Gasteiger charge is -2.06. The van der Waals surface area contributed by atoms with E-state index >= 15 is 0 Å². The molecule has 0 aliphatic heterocycles. The number of aromatic nitrogens is 2. The summed E-state index contributed by atoms with van der Waals surface area (Å²) in [7, 11) is 0. The van der Waals surface area contributed by atoms with Crippen molar-refractivity contribution in [3.05, 3.63) is 77.0 Å². The summed E-state index contributed by atoms with van der Waals surface area (Å²) in [6.07, 6.45) is 0. The average Bonchev–Trinajstić information content (AvgIpc) is 2.55. The highest BCUT2D eigenvalue weighted by Crippen LogP contribution is 2.25. The van der Waals surface area contributed by atoms with Gasteiger partial charge in [0, 0.05) is 10.9 Å². The predicted molar refractivity (Wildman–Crippen MR) is 85.3 cm³/mol. The van der Waals surface area contributed by atoms with Crippen molar-refractivity contribution in [2.75, 3.05) is 0 Å². The van der Waals surface area contributed by atoms with Crippen molar-refractivity contribution in [2.45, 2.75) is 0 Å². The summed E-state index contributed by atoms with van der Waals surface area (Å²) >= 11 is 0. The van der Waals surface area contributed by atoms with Crippen molar-refractivity contribution in [2.24, 2.45) is 0 Å². The van der Waals surface area contributed by atoms with E-state index in [1.807, 2.05) is 66.7 Å². The van der Waals surface area contributed by atoms with Gasteiger partial charge in [-0.2, -0.15) is 5.10 Å². The van der Waals surface area contributed by atoms with Crippen molar-refractivity contribution >= 4 is 21.7 Å². The second-order valence-electron chi connectivity index (χ2n) is 4.97. The molecule has 1 heterocycles. The van der Waals surface area contributed by atoms with Crippen LogP contribution in [0.3, 0.4) is 0 Å². The van der Waals surface area contributed by atoms with Gasteiger partial charge >= 0.3 is 0 Å². The molecule has 21 heavy (non-hydrogen) atoms. The Morgan fingerprint density at radius 2 is 1.48 bits per heavy atom. The number of rotatable bonds is 1. The van der Waals surface area contributed by atoms with Crippen LogP contribution in [-0.2, 0) is 0 Å². The van der Waals surface area contributed by atoms with E-state index in [0.29, 0.717) is 11.1 Å². The third-order valence-electron chi connectivity index (χ3n) is 3.72. The summed E-state index contributed by atoms with van der Waals surface area (Å²) in [6.45, 7) is 0. The standard InChI is InChI=1S/C18H12N2O/c21-18-15-9-3-4-11-16(15)19-20-17(18)14-10-5-7-12-6-1-2-8-13(12)14/h1-11H,(H,19,21). The van der Waals surface area contributed by atoms with Crippen molar-refractivity contribution in [1.82, 2.24) is 10.2 Å². The Kier molecular flexibility index (Phi) is 2.57. The fourth-order valence-electron chi connectivity index (χ4n) is 2.69. The van der Waals surface area contributed by atoms with Gasteiger partial charge in [0.2, 0.25) is 5.43 Å². The van der Waals surface area contributed by atoms with Crippen molar-refractivity contribution in [3.8, 4) is 11.3 Å². The first-order valence-electron chi connectivity index (χ1n) is 6.80. The molecular formula is C18H12N2O. The van der Waals surface area contributed by atoms with E-state index < -0.39 is 0 Å². The van der Waals surface area contributed by atoms with Crippen LogP contribution in [0.1, 0.15) is 0 Å². The molecule has 0 aliphatic rings. The van der Waals surface area contributed by atoms with Crippen LogP contribution >= 0.6 is 0 Å². The Labute approximate surface area is 120 Å². The zero-order valence-electron chi connectivity index (χ0n) is 11.2. The van der Waals surface area contributed by atoms with Gasteiger partial charge in [-0.25, -0.2) is 0 Å². The Balaban J connectivity index is 2.10.